The molecule has 1 aromatic heterocycles. The highest BCUT2D eigenvalue weighted by atomic mass is 35.5. The van der Waals surface area contributed by atoms with Crippen molar-refractivity contribution in [2.75, 3.05) is 12.4 Å². The second-order valence-electron chi connectivity index (χ2n) is 5.07. The number of hydrogen-bond donors (Lipinski definition) is 1. The van der Waals surface area contributed by atoms with Gasteiger partial charge < -0.3 is 14.6 Å². The predicted octanol–water partition coefficient (Wildman–Crippen LogP) is 3.82. The highest BCUT2D eigenvalue weighted by molar-refractivity contribution is 6.31. The molecule has 0 saturated carbocycles. The van der Waals surface area contributed by atoms with E-state index in [1.807, 2.05) is 6.07 Å². The Morgan fingerprint density at radius 2 is 1.88 bits per heavy atom. The van der Waals surface area contributed by atoms with Crippen LogP contribution in [0, 0.1) is 0 Å². The van der Waals surface area contributed by atoms with E-state index in [9.17, 15) is 9.59 Å². The summed E-state index contributed by atoms with van der Waals surface area (Å²) in [5.41, 5.74) is 1.08. The Labute approximate surface area is 148 Å². The Bertz CT molecular complexity index is 922. The minimum absolute atomic E-state index is 0.0371. The Morgan fingerprint density at radius 1 is 1.12 bits per heavy atom. The first kappa shape index (κ1) is 16.7. The molecule has 0 aliphatic heterocycles. The summed E-state index contributed by atoms with van der Waals surface area (Å²) in [5, 5.41) is 6.59. The molecule has 7 heteroatoms. The summed E-state index contributed by atoms with van der Waals surface area (Å²) < 4.78 is 9.77. The summed E-state index contributed by atoms with van der Waals surface area (Å²) in [7, 11) is 1.41. The van der Waals surface area contributed by atoms with Crippen LogP contribution in [0.4, 0.5) is 5.69 Å². The third-order valence-corrected chi connectivity index (χ3v) is 3.67. The molecular weight excluding hydrogens is 344 g/mol. The lowest BCUT2D eigenvalue weighted by atomic mass is 10.0. The second-order valence-corrected chi connectivity index (χ2v) is 5.51. The number of hydrogen-bond acceptors (Lipinski definition) is 5. The number of ketones is 1. The first-order chi connectivity index (χ1) is 12.1. The molecule has 0 aliphatic carbocycles. The maximum atomic E-state index is 12.7. The van der Waals surface area contributed by atoms with E-state index in [2.05, 4.69) is 10.5 Å². The molecule has 1 amide bonds. The van der Waals surface area contributed by atoms with E-state index in [-0.39, 0.29) is 23.0 Å². The molecule has 0 aliphatic rings. The molecule has 3 rings (SSSR count). The van der Waals surface area contributed by atoms with Gasteiger partial charge >= 0.3 is 0 Å². The molecule has 25 heavy (non-hydrogen) atoms. The molecule has 0 bridgehead atoms. The van der Waals surface area contributed by atoms with Crippen molar-refractivity contribution in [1.29, 1.82) is 0 Å². The molecule has 126 valence electrons. The number of carbonyl (C=O) groups excluding carboxylic acids is 2. The minimum Gasteiger partial charge on any atom is -0.479 e. The maximum Gasteiger partial charge on any atom is 0.294 e. The summed E-state index contributed by atoms with van der Waals surface area (Å²) in [4.78, 5) is 25.0. The summed E-state index contributed by atoms with van der Waals surface area (Å²) >= 11 is 6.01. The van der Waals surface area contributed by atoms with E-state index in [1.54, 1.807) is 36.4 Å². The van der Waals surface area contributed by atoms with Crippen molar-refractivity contribution in [2.24, 2.45) is 0 Å². The van der Waals surface area contributed by atoms with Crippen LogP contribution in [-0.4, -0.2) is 24.0 Å². The molecule has 6 nitrogen and oxygen atoms in total. The fourth-order valence-corrected chi connectivity index (χ4v) is 2.38. The molecule has 3 aromatic rings. The molecule has 0 fully saturated rings. The minimum atomic E-state index is -0.555. The number of methoxy groups -OCH3 is 1. The lowest BCUT2D eigenvalue weighted by Crippen LogP contribution is -2.14. The largest absolute Gasteiger partial charge is 0.479 e. The highest BCUT2D eigenvalue weighted by Gasteiger charge is 2.19. The van der Waals surface area contributed by atoms with Crippen LogP contribution in [-0.2, 0) is 0 Å². The smallest absolute Gasteiger partial charge is 0.294 e. The Kier molecular flexibility index (Phi) is 4.81. The van der Waals surface area contributed by atoms with Crippen LogP contribution in [0.1, 0.15) is 26.5 Å². The zero-order chi connectivity index (χ0) is 17.8. The van der Waals surface area contributed by atoms with E-state index in [0.717, 1.165) is 0 Å². The lowest BCUT2D eigenvalue weighted by Gasteiger charge is -2.10. The van der Waals surface area contributed by atoms with Crippen molar-refractivity contribution in [2.45, 2.75) is 0 Å². The average molecular weight is 357 g/mol. The summed E-state index contributed by atoms with van der Waals surface area (Å²) in [6.07, 6.45) is 0. The zero-order valence-electron chi connectivity index (χ0n) is 13.2. The van der Waals surface area contributed by atoms with E-state index in [0.29, 0.717) is 16.3 Å². The second kappa shape index (κ2) is 7.19. The van der Waals surface area contributed by atoms with Gasteiger partial charge in [-0.3, -0.25) is 9.59 Å². The van der Waals surface area contributed by atoms with Gasteiger partial charge in [0.05, 0.1) is 18.9 Å². The predicted molar refractivity (Wildman–Crippen MR) is 92.3 cm³/mol. The SMILES string of the molecule is COc1cc(C(=O)Nc2ccc(Cl)cc2C(=O)c2ccccc2)on1. The molecule has 0 saturated heterocycles. The number of aromatic nitrogens is 1. The van der Waals surface area contributed by atoms with E-state index in [1.165, 1.54) is 19.2 Å². The highest BCUT2D eigenvalue weighted by Crippen LogP contribution is 2.24. The van der Waals surface area contributed by atoms with Crippen molar-refractivity contribution in [3.63, 3.8) is 0 Å². The van der Waals surface area contributed by atoms with Gasteiger partial charge in [0.1, 0.15) is 0 Å². The fraction of sp³-hybridized carbons (Fsp3) is 0.0556. The van der Waals surface area contributed by atoms with Gasteiger partial charge in [0.2, 0.25) is 5.76 Å². The summed E-state index contributed by atoms with van der Waals surface area (Å²) in [6, 6.07) is 14.7. The first-order valence-electron chi connectivity index (χ1n) is 7.30. The molecule has 0 radical (unpaired) electrons. The third-order valence-electron chi connectivity index (χ3n) is 3.43. The molecule has 0 atom stereocenters. The average Bonchev–Trinajstić information content (AvgIpc) is 3.12. The normalized spacial score (nSPS) is 10.3. The molecule has 1 heterocycles. The van der Waals surface area contributed by atoms with Gasteiger partial charge in [-0.15, -0.1) is 0 Å². The van der Waals surface area contributed by atoms with Gasteiger partial charge in [-0.25, -0.2) is 0 Å². The number of halogens is 1. The lowest BCUT2D eigenvalue weighted by molar-refractivity contribution is 0.0987. The number of nitrogens with one attached hydrogen (secondary N) is 1. The van der Waals surface area contributed by atoms with Crippen LogP contribution in [0.5, 0.6) is 5.88 Å². The summed E-state index contributed by atoms with van der Waals surface area (Å²) in [6.45, 7) is 0. The van der Waals surface area contributed by atoms with Crippen molar-refractivity contribution >= 4 is 29.0 Å². The Morgan fingerprint density at radius 3 is 2.56 bits per heavy atom. The van der Waals surface area contributed by atoms with Gasteiger partial charge in [0.25, 0.3) is 11.8 Å². The number of ether oxygens (including phenoxy) is 1. The standard InChI is InChI=1S/C18H13ClN2O4/c1-24-16-10-15(25-21-16)18(23)20-14-8-7-12(19)9-13(14)17(22)11-5-3-2-4-6-11/h2-10H,1H3,(H,20,23). The van der Waals surface area contributed by atoms with Crippen molar-refractivity contribution in [1.82, 2.24) is 5.16 Å². The number of nitrogens with zero attached hydrogens (tertiary/aromatic N) is 1. The number of rotatable bonds is 5. The van der Waals surface area contributed by atoms with Crippen LogP contribution in [0.3, 0.4) is 0 Å². The van der Waals surface area contributed by atoms with Gasteiger partial charge in [0, 0.05) is 16.1 Å². The number of carbonyl (C=O) groups is 2. The summed E-state index contributed by atoms with van der Waals surface area (Å²) in [5.74, 6) is -0.666. The van der Waals surface area contributed by atoms with Crippen molar-refractivity contribution in [3.05, 3.63) is 76.5 Å². The van der Waals surface area contributed by atoms with E-state index >= 15 is 0 Å². The Balaban J connectivity index is 1.91. The van der Waals surface area contributed by atoms with E-state index < -0.39 is 5.91 Å². The quantitative estimate of drug-likeness (QED) is 0.703. The van der Waals surface area contributed by atoms with Crippen molar-refractivity contribution < 1.29 is 18.8 Å². The van der Waals surface area contributed by atoms with Crippen LogP contribution in [0.2, 0.25) is 5.02 Å². The molecule has 0 unspecified atom stereocenters. The van der Waals surface area contributed by atoms with Gasteiger partial charge in [-0.1, -0.05) is 41.9 Å². The number of benzene rings is 2. The Hall–Kier alpha value is -3.12. The zero-order valence-corrected chi connectivity index (χ0v) is 13.9. The maximum absolute atomic E-state index is 12.7. The van der Waals surface area contributed by atoms with E-state index in [4.69, 9.17) is 20.9 Å². The first-order valence-corrected chi connectivity index (χ1v) is 7.67. The topological polar surface area (TPSA) is 81.4 Å². The van der Waals surface area contributed by atoms with Gasteiger partial charge in [-0.05, 0) is 23.4 Å². The number of anilines is 1. The molecule has 1 N–H and O–H groups in total. The van der Waals surface area contributed by atoms with Gasteiger partial charge in [0.15, 0.2) is 5.78 Å². The number of amides is 1. The van der Waals surface area contributed by atoms with Crippen molar-refractivity contribution in [3.8, 4) is 5.88 Å². The monoisotopic (exact) mass is 356 g/mol. The molecular formula is C18H13ClN2O4. The van der Waals surface area contributed by atoms with Gasteiger partial charge in [-0.2, -0.15) is 0 Å². The molecule has 2 aromatic carbocycles. The van der Waals surface area contributed by atoms with Crippen LogP contribution in [0.15, 0.2) is 59.1 Å². The van der Waals surface area contributed by atoms with Crippen LogP contribution in [0.25, 0.3) is 0 Å². The third kappa shape index (κ3) is 3.70. The van der Waals surface area contributed by atoms with Crippen LogP contribution < -0.4 is 10.1 Å². The fourth-order valence-electron chi connectivity index (χ4n) is 2.20. The molecule has 0 spiro atoms. The van der Waals surface area contributed by atoms with Crippen LogP contribution >= 0.6 is 11.6 Å².